The van der Waals surface area contributed by atoms with E-state index in [4.69, 9.17) is 0 Å². The number of hydrogen-bond acceptors (Lipinski definition) is 3. The van der Waals surface area contributed by atoms with E-state index in [1.807, 2.05) is 50.2 Å². The Kier molecular flexibility index (Phi) is 6.01. The zero-order valence-corrected chi connectivity index (χ0v) is 19.4. The summed E-state index contributed by atoms with van der Waals surface area (Å²) in [5, 5.41) is 12.7. The fourth-order valence-electron chi connectivity index (χ4n) is 5.42. The van der Waals surface area contributed by atoms with Crippen LogP contribution in [-0.4, -0.2) is 16.7 Å². The van der Waals surface area contributed by atoms with Crippen LogP contribution in [-0.2, 0) is 5.41 Å². The number of hydrogen-bond donors (Lipinski definition) is 1. The van der Waals surface area contributed by atoms with E-state index in [1.54, 1.807) is 0 Å². The number of oxime groups is 1. The second-order valence-corrected chi connectivity index (χ2v) is 8.93. The fraction of sp³-hybridized carbons (Fsp3) is 0.310. The third kappa shape index (κ3) is 3.46. The minimum absolute atomic E-state index is 0.0766. The number of ketones is 1. The number of benzene rings is 3. The van der Waals surface area contributed by atoms with E-state index in [0.29, 0.717) is 5.71 Å². The van der Waals surface area contributed by atoms with Crippen LogP contribution in [0.1, 0.15) is 84.6 Å². The van der Waals surface area contributed by atoms with Gasteiger partial charge in [-0.15, -0.1) is 0 Å². The summed E-state index contributed by atoms with van der Waals surface area (Å²) in [5.74, 6) is 0.0766. The first kappa shape index (κ1) is 22.0. The Morgan fingerprint density at radius 1 is 0.875 bits per heavy atom. The van der Waals surface area contributed by atoms with Gasteiger partial charge in [0.1, 0.15) is 0 Å². The Bertz CT molecular complexity index is 1200. The minimum atomic E-state index is -0.137. The van der Waals surface area contributed by atoms with Gasteiger partial charge in [-0.1, -0.05) is 80.4 Å². The van der Waals surface area contributed by atoms with Gasteiger partial charge >= 0.3 is 0 Å². The van der Waals surface area contributed by atoms with Crippen LogP contribution < -0.4 is 0 Å². The summed E-state index contributed by atoms with van der Waals surface area (Å²) in [5.41, 5.74) is 8.91. The highest BCUT2D eigenvalue weighted by Crippen LogP contribution is 2.54. The molecule has 0 spiro atoms. The predicted molar refractivity (Wildman–Crippen MR) is 131 cm³/mol. The molecule has 3 aromatic rings. The van der Waals surface area contributed by atoms with E-state index in [0.717, 1.165) is 47.9 Å². The molecule has 0 aliphatic heterocycles. The minimum Gasteiger partial charge on any atom is -0.411 e. The van der Waals surface area contributed by atoms with Crippen LogP contribution in [0.2, 0.25) is 0 Å². The normalized spacial score (nSPS) is 14.2. The van der Waals surface area contributed by atoms with Crippen LogP contribution in [0.25, 0.3) is 11.1 Å². The molecule has 0 radical (unpaired) electrons. The molecule has 3 aromatic carbocycles. The van der Waals surface area contributed by atoms with Gasteiger partial charge in [0.2, 0.25) is 0 Å². The molecule has 0 saturated carbocycles. The molecule has 164 valence electrons. The van der Waals surface area contributed by atoms with Gasteiger partial charge in [-0.3, -0.25) is 4.79 Å². The van der Waals surface area contributed by atoms with Crippen molar-refractivity contribution in [1.82, 2.24) is 0 Å². The molecule has 3 heteroatoms. The Morgan fingerprint density at radius 2 is 1.44 bits per heavy atom. The van der Waals surface area contributed by atoms with Gasteiger partial charge in [0, 0.05) is 16.5 Å². The maximum absolute atomic E-state index is 13.4. The Morgan fingerprint density at radius 3 is 2.00 bits per heavy atom. The Hall–Kier alpha value is -3.20. The topological polar surface area (TPSA) is 49.7 Å². The monoisotopic (exact) mass is 425 g/mol. The third-order valence-corrected chi connectivity index (χ3v) is 6.93. The highest BCUT2D eigenvalue weighted by molar-refractivity contribution is 6.10. The van der Waals surface area contributed by atoms with Gasteiger partial charge < -0.3 is 5.21 Å². The lowest BCUT2D eigenvalue weighted by Gasteiger charge is -2.32. The summed E-state index contributed by atoms with van der Waals surface area (Å²) >= 11 is 0. The van der Waals surface area contributed by atoms with Crippen LogP contribution in [0.4, 0.5) is 0 Å². The smallest absolute Gasteiger partial charge is 0.193 e. The molecule has 0 bridgehead atoms. The van der Waals surface area contributed by atoms with Gasteiger partial charge in [-0.05, 0) is 72.2 Å². The summed E-state index contributed by atoms with van der Waals surface area (Å²) in [6.45, 7) is 8.26. The molecule has 1 N–H and O–H groups in total. The van der Waals surface area contributed by atoms with Crippen molar-refractivity contribution < 1.29 is 10.0 Å². The summed E-state index contributed by atoms with van der Waals surface area (Å²) in [7, 11) is 0. The molecule has 32 heavy (non-hydrogen) atoms. The van der Waals surface area contributed by atoms with Crippen molar-refractivity contribution in [2.24, 2.45) is 5.16 Å². The maximum atomic E-state index is 13.4. The van der Waals surface area contributed by atoms with Crippen LogP contribution in [0.5, 0.6) is 0 Å². The first-order chi connectivity index (χ1) is 15.5. The molecule has 0 saturated heterocycles. The molecule has 0 heterocycles. The van der Waals surface area contributed by atoms with E-state index >= 15 is 0 Å². The molecule has 0 fully saturated rings. The number of carbonyl (C=O) groups is 1. The average Bonchev–Trinajstić information content (AvgIpc) is 3.07. The maximum Gasteiger partial charge on any atom is 0.193 e. The molecule has 0 atom stereocenters. The lowest BCUT2D eigenvalue weighted by Crippen LogP contribution is -2.25. The summed E-state index contributed by atoms with van der Waals surface area (Å²) in [6, 6.07) is 20.4. The van der Waals surface area contributed by atoms with Crippen molar-refractivity contribution >= 4 is 11.5 Å². The zero-order valence-electron chi connectivity index (χ0n) is 19.4. The standard InChI is InChI=1S/C29H31NO2/c1-5-15-29(16-6-2)26-17-21(20(4)30-32)11-13-24(26)25-14-12-22(18-27(25)29)28(31)23-10-8-7-9-19(23)3/h7-14,17-18,32H,5-6,15-16H2,1-4H3. The molecule has 0 aromatic heterocycles. The molecule has 1 aliphatic carbocycles. The van der Waals surface area contributed by atoms with E-state index < -0.39 is 0 Å². The predicted octanol–water partition coefficient (Wildman–Crippen LogP) is 7.29. The van der Waals surface area contributed by atoms with Crippen molar-refractivity contribution in [3.8, 4) is 11.1 Å². The van der Waals surface area contributed by atoms with Gasteiger partial charge in [0.15, 0.2) is 5.78 Å². The number of fused-ring (bicyclic) bond motifs is 3. The third-order valence-electron chi connectivity index (χ3n) is 6.93. The van der Waals surface area contributed by atoms with Crippen LogP contribution in [0.15, 0.2) is 65.8 Å². The van der Waals surface area contributed by atoms with Crippen molar-refractivity contribution in [3.05, 3.63) is 94.0 Å². The second kappa shape index (κ2) is 8.74. The summed E-state index contributed by atoms with van der Waals surface area (Å²) in [4.78, 5) is 13.4. The molecule has 4 rings (SSSR count). The highest BCUT2D eigenvalue weighted by atomic mass is 16.4. The second-order valence-electron chi connectivity index (χ2n) is 8.93. The van der Waals surface area contributed by atoms with E-state index in [1.165, 1.54) is 22.3 Å². The molecular weight excluding hydrogens is 394 g/mol. The Balaban J connectivity index is 1.92. The quantitative estimate of drug-likeness (QED) is 0.187. The van der Waals surface area contributed by atoms with Crippen LogP contribution in [0, 0.1) is 6.92 Å². The molecular formula is C29H31NO2. The number of nitrogens with zero attached hydrogens (tertiary/aromatic N) is 1. The Labute approximate surface area is 190 Å². The van der Waals surface area contributed by atoms with E-state index in [2.05, 4.69) is 43.3 Å². The average molecular weight is 426 g/mol. The lowest BCUT2D eigenvalue weighted by molar-refractivity contribution is 0.103. The van der Waals surface area contributed by atoms with Gasteiger partial charge in [0.25, 0.3) is 0 Å². The lowest BCUT2D eigenvalue weighted by atomic mass is 9.71. The van der Waals surface area contributed by atoms with Crippen molar-refractivity contribution in [3.63, 3.8) is 0 Å². The molecule has 1 aliphatic rings. The van der Waals surface area contributed by atoms with Crippen molar-refractivity contribution in [1.29, 1.82) is 0 Å². The number of rotatable bonds is 7. The van der Waals surface area contributed by atoms with Gasteiger partial charge in [-0.2, -0.15) is 0 Å². The van der Waals surface area contributed by atoms with Crippen molar-refractivity contribution in [2.45, 2.75) is 58.8 Å². The molecule has 3 nitrogen and oxygen atoms in total. The SMILES string of the molecule is CCCC1(CCC)c2cc(C(=O)c3ccccc3C)ccc2-c2ccc(C(C)=NO)cc21. The van der Waals surface area contributed by atoms with Gasteiger partial charge in [-0.25, -0.2) is 0 Å². The molecule has 0 amide bonds. The number of carbonyl (C=O) groups excluding carboxylic acids is 1. The number of aryl methyl sites for hydroxylation is 1. The fourth-order valence-corrected chi connectivity index (χ4v) is 5.42. The summed E-state index contributed by atoms with van der Waals surface area (Å²) < 4.78 is 0. The van der Waals surface area contributed by atoms with Crippen LogP contribution >= 0.6 is 0 Å². The zero-order chi connectivity index (χ0) is 22.9. The summed E-state index contributed by atoms with van der Waals surface area (Å²) in [6.07, 6.45) is 4.13. The molecule has 0 unspecified atom stereocenters. The van der Waals surface area contributed by atoms with E-state index in [-0.39, 0.29) is 11.2 Å². The highest BCUT2D eigenvalue weighted by Gasteiger charge is 2.42. The van der Waals surface area contributed by atoms with Gasteiger partial charge in [0.05, 0.1) is 5.71 Å². The first-order valence-corrected chi connectivity index (χ1v) is 11.6. The van der Waals surface area contributed by atoms with Crippen molar-refractivity contribution in [2.75, 3.05) is 0 Å². The van der Waals surface area contributed by atoms with E-state index in [9.17, 15) is 10.0 Å². The first-order valence-electron chi connectivity index (χ1n) is 11.6. The largest absolute Gasteiger partial charge is 0.411 e. The van der Waals surface area contributed by atoms with Crippen LogP contribution in [0.3, 0.4) is 0 Å².